The first-order valence-corrected chi connectivity index (χ1v) is 7.08. The fraction of sp³-hybridized carbons (Fsp3) is 0.0769. The highest BCUT2D eigenvalue weighted by Gasteiger charge is 1.96. The highest BCUT2D eigenvalue weighted by Crippen LogP contribution is 2.28. The van der Waals surface area contributed by atoms with Crippen LogP contribution in [0.5, 0.6) is 11.5 Å². The minimum absolute atomic E-state index is 0.0454. The predicted octanol–water partition coefficient (Wildman–Crippen LogP) is 5.01. The van der Waals surface area contributed by atoms with Gasteiger partial charge < -0.3 is 9.05 Å². The van der Waals surface area contributed by atoms with Gasteiger partial charge in [0.05, 0.1) is 0 Å². The Morgan fingerprint density at radius 1 is 1.00 bits per heavy atom. The van der Waals surface area contributed by atoms with Gasteiger partial charge >= 0.3 is 0 Å². The minimum Gasteiger partial charge on any atom is -0.453 e. The van der Waals surface area contributed by atoms with Crippen LogP contribution in [0, 0.1) is 6.92 Å². The summed E-state index contributed by atoms with van der Waals surface area (Å²) in [6.07, 6.45) is 0. The maximum Gasteiger partial charge on any atom is 0.249 e. The van der Waals surface area contributed by atoms with E-state index in [-0.39, 0.29) is 8.96 Å². The molecule has 1 atom stereocenters. The molecule has 0 fully saturated rings. The molecule has 0 aliphatic heterocycles. The van der Waals surface area contributed by atoms with E-state index in [2.05, 4.69) is 4.52 Å². The molecule has 2 rings (SSSR count). The Morgan fingerprint density at radius 3 is 2.50 bits per heavy atom. The van der Waals surface area contributed by atoms with Crippen LogP contribution in [0.2, 0.25) is 0 Å². The lowest BCUT2D eigenvalue weighted by Crippen LogP contribution is -1.80. The van der Waals surface area contributed by atoms with E-state index in [1.54, 1.807) is 0 Å². The van der Waals surface area contributed by atoms with Crippen molar-refractivity contribution in [3.63, 3.8) is 0 Å². The molecule has 0 radical (unpaired) electrons. The van der Waals surface area contributed by atoms with E-state index in [1.807, 2.05) is 61.5 Å². The van der Waals surface area contributed by atoms with Crippen molar-refractivity contribution in [3.8, 4) is 11.5 Å². The third-order valence-electron chi connectivity index (χ3n) is 2.22. The zero-order chi connectivity index (χ0) is 12.6. The molecule has 0 aliphatic carbocycles. The minimum atomic E-state index is 0.0454. The first-order valence-electron chi connectivity index (χ1n) is 5.46. The van der Waals surface area contributed by atoms with E-state index in [0.29, 0.717) is 8.60 Å². The first kappa shape index (κ1) is 13.0. The molecular weight excluding hydrogens is 264 g/mol. The molecule has 0 bridgehead atoms. The Hall–Kier alpha value is -1.43. The molecule has 3 nitrogen and oxygen atoms in total. The summed E-state index contributed by atoms with van der Waals surface area (Å²) in [5.41, 5.74) is 1.11. The van der Waals surface area contributed by atoms with E-state index >= 15 is 0 Å². The van der Waals surface area contributed by atoms with Gasteiger partial charge in [0.25, 0.3) is 0 Å². The topological polar surface area (TPSA) is 30.8 Å². The Bertz CT molecular complexity index is 517. The van der Waals surface area contributed by atoms with Crippen LogP contribution in [0.3, 0.4) is 0 Å². The zero-order valence-electron chi connectivity index (χ0n) is 9.91. The van der Waals surface area contributed by atoms with Crippen LogP contribution in [-0.2, 0) is 0 Å². The monoisotopic (exact) mass is 277 g/mol. The van der Waals surface area contributed by atoms with Gasteiger partial charge in [0.15, 0.2) is 0 Å². The second-order valence-corrected chi connectivity index (χ2v) is 5.08. The molecule has 0 amide bonds. The lowest BCUT2D eigenvalue weighted by Gasteiger charge is -2.04. The third kappa shape index (κ3) is 4.10. The van der Waals surface area contributed by atoms with Gasteiger partial charge in [-0.25, -0.2) is 0 Å². The Labute approximate surface area is 110 Å². The van der Waals surface area contributed by atoms with E-state index in [4.69, 9.17) is 9.05 Å². The molecule has 2 aromatic rings. The maximum atomic E-state index is 5.55. The average molecular weight is 277 g/mol. The molecule has 0 aliphatic rings. The summed E-state index contributed by atoms with van der Waals surface area (Å²) in [6, 6.07) is 17.5. The smallest absolute Gasteiger partial charge is 0.249 e. The quantitative estimate of drug-likeness (QED) is 0.719. The van der Waals surface area contributed by atoms with Crippen molar-refractivity contribution < 1.29 is 9.05 Å². The van der Waals surface area contributed by atoms with Gasteiger partial charge in [-0.15, -0.1) is 0 Å². The normalized spacial score (nSPS) is 11.2. The molecule has 0 spiro atoms. The summed E-state index contributed by atoms with van der Waals surface area (Å²) in [5.74, 6) is 1.68. The number of para-hydroxylation sites is 2. The first-order chi connectivity index (χ1) is 8.86. The van der Waals surface area contributed by atoms with Crippen molar-refractivity contribution in [2.75, 3.05) is 0 Å². The molecule has 2 aromatic carbocycles. The third-order valence-corrected chi connectivity index (χ3v) is 3.48. The second-order valence-electron chi connectivity index (χ2n) is 3.54. The number of benzene rings is 2. The van der Waals surface area contributed by atoms with Gasteiger partial charge in [-0.3, -0.25) is 0 Å². The van der Waals surface area contributed by atoms with Crippen molar-refractivity contribution >= 4 is 17.6 Å². The largest absolute Gasteiger partial charge is 0.453 e. The van der Waals surface area contributed by atoms with Gasteiger partial charge in [-0.1, -0.05) is 36.4 Å². The van der Waals surface area contributed by atoms with E-state index in [1.165, 1.54) is 0 Å². The fourth-order valence-electron chi connectivity index (χ4n) is 1.31. The van der Waals surface area contributed by atoms with E-state index in [9.17, 15) is 0 Å². The molecule has 18 heavy (non-hydrogen) atoms. The molecule has 0 saturated carbocycles. The van der Waals surface area contributed by atoms with Crippen molar-refractivity contribution in [3.05, 3.63) is 60.2 Å². The van der Waals surface area contributed by atoms with Crippen molar-refractivity contribution in [2.24, 2.45) is 4.52 Å². The highest BCUT2D eigenvalue weighted by atomic mass is 31.1. The van der Waals surface area contributed by atoms with Crippen LogP contribution in [0.25, 0.3) is 0 Å². The van der Waals surface area contributed by atoms with Crippen LogP contribution < -0.4 is 9.05 Å². The van der Waals surface area contributed by atoms with E-state index in [0.717, 1.165) is 17.1 Å². The molecule has 0 aromatic heterocycles. The van der Waals surface area contributed by atoms with Gasteiger partial charge in [0, 0.05) is 0 Å². The van der Waals surface area contributed by atoms with Crippen molar-refractivity contribution in [1.29, 1.82) is 0 Å². The molecule has 0 saturated heterocycles. The summed E-state index contributed by atoms with van der Waals surface area (Å²) in [5, 5.41) is 0. The predicted molar refractivity (Wildman–Crippen MR) is 76.5 cm³/mol. The van der Waals surface area contributed by atoms with Crippen molar-refractivity contribution in [2.45, 2.75) is 6.92 Å². The molecular formula is C13H13NO2P2. The highest BCUT2D eigenvalue weighted by molar-refractivity contribution is 7.39. The molecule has 0 heterocycles. The Morgan fingerprint density at radius 2 is 1.72 bits per heavy atom. The van der Waals surface area contributed by atoms with Gasteiger partial charge in [-0.05, 0) is 30.7 Å². The lowest BCUT2D eigenvalue weighted by molar-refractivity contribution is 0.622. The fourth-order valence-corrected chi connectivity index (χ4v) is 2.31. The maximum absolute atomic E-state index is 5.55. The van der Waals surface area contributed by atoms with Crippen LogP contribution >= 0.6 is 17.6 Å². The zero-order valence-corrected chi connectivity index (χ0v) is 11.8. The second kappa shape index (κ2) is 7.10. The van der Waals surface area contributed by atoms with Crippen LogP contribution in [-0.4, -0.2) is 0 Å². The molecule has 0 N–H and O–H groups in total. The van der Waals surface area contributed by atoms with Gasteiger partial charge in [0.1, 0.15) is 11.5 Å². The van der Waals surface area contributed by atoms with Crippen LogP contribution in [0.15, 0.2) is 59.1 Å². The van der Waals surface area contributed by atoms with Crippen LogP contribution in [0.1, 0.15) is 5.56 Å². The number of hydrogen-bond donors (Lipinski definition) is 0. The number of nitrogens with zero attached hydrogens (tertiary/aromatic N) is 1. The van der Waals surface area contributed by atoms with Crippen molar-refractivity contribution in [1.82, 2.24) is 0 Å². The van der Waals surface area contributed by atoms with E-state index < -0.39 is 0 Å². The molecule has 92 valence electrons. The standard InChI is InChI=1S/C13H13NO2P2/c1-11-7-5-6-10-13(11)16-18-14-17-15-12-8-3-2-4-9-12/h2-10,18H,1H3. The lowest BCUT2D eigenvalue weighted by atomic mass is 10.2. The number of aryl methyl sites for hydroxylation is 1. The molecule has 1 unspecified atom stereocenters. The summed E-state index contributed by atoms with van der Waals surface area (Å²) in [6.45, 7) is 2.01. The Kier molecular flexibility index (Phi) is 5.14. The van der Waals surface area contributed by atoms with Crippen LogP contribution in [0.4, 0.5) is 0 Å². The number of rotatable bonds is 5. The molecule has 5 heteroatoms. The summed E-state index contributed by atoms with van der Waals surface area (Å²) in [7, 11) is 0.603. The number of hydrogen-bond acceptors (Lipinski definition) is 3. The Balaban J connectivity index is 1.77. The summed E-state index contributed by atoms with van der Waals surface area (Å²) in [4.78, 5) is 0. The summed E-state index contributed by atoms with van der Waals surface area (Å²) < 4.78 is 15.1. The average Bonchev–Trinajstić information content (AvgIpc) is 2.42. The SMILES string of the molecule is Cc1ccccc1OPN=POc1ccccc1. The van der Waals surface area contributed by atoms with Gasteiger partial charge in [-0.2, -0.15) is 4.52 Å². The van der Waals surface area contributed by atoms with Gasteiger partial charge in [0.2, 0.25) is 17.6 Å². The summed E-state index contributed by atoms with van der Waals surface area (Å²) >= 11 is 0.